The van der Waals surface area contributed by atoms with Gasteiger partial charge in [0.2, 0.25) is 0 Å². The van der Waals surface area contributed by atoms with E-state index in [1.165, 1.54) is 12.7 Å². The minimum absolute atomic E-state index is 0.00963. The molecule has 1 aromatic carbocycles. The predicted molar refractivity (Wildman–Crippen MR) is 101 cm³/mol. The zero-order valence-corrected chi connectivity index (χ0v) is 16.2. The molecule has 0 bridgehead atoms. The first kappa shape index (κ1) is 18.3. The van der Waals surface area contributed by atoms with Gasteiger partial charge in [-0.1, -0.05) is 12.1 Å². The molecule has 148 valence electrons. The largest absolute Gasteiger partial charge is 0.497 e. The third-order valence-corrected chi connectivity index (χ3v) is 5.69. The summed E-state index contributed by atoms with van der Waals surface area (Å²) in [4.78, 5) is 34.8. The number of ether oxygens (including phenoxy) is 1. The number of carbonyl (C=O) groups excluding carboxylic acids is 2. The van der Waals surface area contributed by atoms with Gasteiger partial charge in [-0.05, 0) is 17.7 Å². The maximum atomic E-state index is 12.8. The molecule has 1 aromatic heterocycles. The molecule has 0 unspecified atom stereocenters. The van der Waals surface area contributed by atoms with Crippen LogP contribution >= 0.6 is 0 Å². The van der Waals surface area contributed by atoms with Crippen LogP contribution in [0.4, 0.5) is 4.79 Å². The molecule has 28 heavy (non-hydrogen) atoms. The van der Waals surface area contributed by atoms with E-state index in [1.807, 2.05) is 34.1 Å². The monoisotopic (exact) mass is 384 g/mol. The van der Waals surface area contributed by atoms with Crippen LogP contribution in [0.2, 0.25) is 0 Å². The Morgan fingerprint density at radius 1 is 1.18 bits per heavy atom. The number of hydrogen-bond donors (Lipinski definition) is 0. The summed E-state index contributed by atoms with van der Waals surface area (Å²) in [7, 11) is 5.16. The molecule has 0 aliphatic carbocycles. The molecule has 8 heteroatoms. The minimum Gasteiger partial charge on any atom is -0.497 e. The molecule has 0 spiro atoms. The molecule has 2 saturated heterocycles. The topological polar surface area (TPSA) is 79.1 Å². The summed E-state index contributed by atoms with van der Waals surface area (Å²) < 4.78 is 10.2. The lowest BCUT2D eigenvalue weighted by molar-refractivity contribution is 0.0760. The first-order valence-electron chi connectivity index (χ1n) is 9.29. The molecule has 2 aliphatic heterocycles. The minimum atomic E-state index is -0.123. The smallest absolute Gasteiger partial charge is 0.320 e. The summed E-state index contributed by atoms with van der Waals surface area (Å²) >= 11 is 0. The first-order chi connectivity index (χ1) is 13.5. The molecule has 2 aromatic rings. The summed E-state index contributed by atoms with van der Waals surface area (Å²) in [5.74, 6) is 1.06. The lowest BCUT2D eigenvalue weighted by Gasteiger charge is -2.31. The normalized spacial score (nSPS) is 23.6. The van der Waals surface area contributed by atoms with Gasteiger partial charge in [0.15, 0.2) is 12.1 Å². The highest BCUT2D eigenvalue weighted by atomic mass is 16.5. The van der Waals surface area contributed by atoms with Crippen LogP contribution in [0.5, 0.6) is 5.75 Å². The van der Waals surface area contributed by atoms with E-state index >= 15 is 0 Å². The van der Waals surface area contributed by atoms with E-state index in [-0.39, 0.29) is 29.8 Å². The molecular formula is C20H24N4O4. The number of benzene rings is 1. The molecule has 8 nitrogen and oxygen atoms in total. The number of fused-ring (bicyclic) bond motifs is 1. The quantitative estimate of drug-likeness (QED) is 0.810. The summed E-state index contributed by atoms with van der Waals surface area (Å²) in [6.07, 6.45) is 2.64. The van der Waals surface area contributed by atoms with Gasteiger partial charge in [-0.3, -0.25) is 4.79 Å². The number of likely N-dealkylation sites (tertiary alicyclic amines) is 2. The van der Waals surface area contributed by atoms with Crippen molar-refractivity contribution in [3.63, 3.8) is 0 Å². The van der Waals surface area contributed by atoms with E-state index in [2.05, 4.69) is 4.98 Å². The number of oxazole rings is 1. The van der Waals surface area contributed by atoms with Crippen LogP contribution in [0.25, 0.3) is 0 Å². The standard InChI is InChI=1S/C20H24N4O4/c1-22(2)20(26)24-9-14-8-23(19(25)17-11-28-12-21-17)10-16(14)18(24)13-4-6-15(27-3)7-5-13/h4-7,11-12,14,16,18H,8-10H2,1-3H3/t14-,16-,18+/m1/s1. The van der Waals surface area contributed by atoms with Crippen LogP contribution in [0.15, 0.2) is 41.3 Å². The van der Waals surface area contributed by atoms with Gasteiger partial charge in [0.05, 0.1) is 13.2 Å². The summed E-state index contributed by atoms with van der Waals surface area (Å²) in [5.41, 5.74) is 1.38. The molecule has 0 N–H and O–H groups in total. The Labute approximate surface area is 163 Å². The summed E-state index contributed by atoms with van der Waals surface area (Å²) in [6, 6.07) is 7.74. The zero-order chi connectivity index (χ0) is 19.8. The van der Waals surface area contributed by atoms with Crippen LogP contribution in [0.3, 0.4) is 0 Å². The highest BCUT2D eigenvalue weighted by molar-refractivity contribution is 5.92. The van der Waals surface area contributed by atoms with Crippen LogP contribution in [0, 0.1) is 11.8 Å². The second-order valence-corrected chi connectivity index (χ2v) is 7.56. The Hall–Kier alpha value is -3.03. The van der Waals surface area contributed by atoms with E-state index in [0.29, 0.717) is 25.3 Å². The van der Waals surface area contributed by atoms with Crippen molar-refractivity contribution in [2.45, 2.75) is 6.04 Å². The summed E-state index contributed by atoms with van der Waals surface area (Å²) in [5, 5.41) is 0. The second kappa shape index (κ2) is 7.18. The number of carbonyl (C=O) groups is 2. The van der Waals surface area contributed by atoms with E-state index in [1.54, 1.807) is 26.1 Å². The second-order valence-electron chi connectivity index (χ2n) is 7.56. The Balaban J connectivity index is 1.61. The van der Waals surface area contributed by atoms with Crippen LogP contribution in [0.1, 0.15) is 22.1 Å². The third-order valence-electron chi connectivity index (χ3n) is 5.69. The van der Waals surface area contributed by atoms with Crippen molar-refractivity contribution in [2.24, 2.45) is 11.8 Å². The van der Waals surface area contributed by atoms with Crippen molar-refractivity contribution >= 4 is 11.9 Å². The van der Waals surface area contributed by atoms with Gasteiger partial charge in [-0.15, -0.1) is 0 Å². The van der Waals surface area contributed by atoms with Crippen molar-refractivity contribution in [3.05, 3.63) is 48.2 Å². The number of amides is 3. The fraction of sp³-hybridized carbons (Fsp3) is 0.450. The van der Waals surface area contributed by atoms with E-state index < -0.39 is 0 Å². The van der Waals surface area contributed by atoms with Gasteiger partial charge >= 0.3 is 6.03 Å². The van der Waals surface area contributed by atoms with Crippen LogP contribution < -0.4 is 4.74 Å². The highest BCUT2D eigenvalue weighted by Crippen LogP contribution is 2.45. The predicted octanol–water partition coefficient (Wildman–Crippen LogP) is 2.11. The molecule has 3 heterocycles. The van der Waals surface area contributed by atoms with Gasteiger partial charge in [-0.2, -0.15) is 0 Å². The fourth-order valence-electron chi connectivity index (χ4n) is 4.37. The van der Waals surface area contributed by atoms with Gasteiger partial charge in [-0.25, -0.2) is 9.78 Å². The molecule has 2 fully saturated rings. The third kappa shape index (κ3) is 3.08. The highest BCUT2D eigenvalue weighted by Gasteiger charge is 2.50. The number of urea groups is 1. The Kier molecular flexibility index (Phi) is 4.70. The Bertz CT molecular complexity index is 850. The van der Waals surface area contributed by atoms with Crippen molar-refractivity contribution < 1.29 is 18.7 Å². The molecule has 0 radical (unpaired) electrons. The van der Waals surface area contributed by atoms with Crippen molar-refractivity contribution in [3.8, 4) is 5.75 Å². The lowest BCUT2D eigenvalue weighted by atomic mass is 9.89. The van der Waals surface area contributed by atoms with Gasteiger partial charge < -0.3 is 23.9 Å². The molecule has 0 saturated carbocycles. The van der Waals surface area contributed by atoms with E-state index in [0.717, 1.165) is 11.3 Å². The summed E-state index contributed by atoms with van der Waals surface area (Å²) in [6.45, 7) is 1.82. The number of aromatic nitrogens is 1. The van der Waals surface area contributed by atoms with Crippen LogP contribution in [-0.2, 0) is 0 Å². The first-order valence-corrected chi connectivity index (χ1v) is 9.29. The maximum Gasteiger partial charge on any atom is 0.320 e. The molecular weight excluding hydrogens is 360 g/mol. The fourth-order valence-corrected chi connectivity index (χ4v) is 4.37. The number of methoxy groups -OCH3 is 1. The average Bonchev–Trinajstić information content (AvgIpc) is 3.42. The van der Waals surface area contributed by atoms with Gasteiger partial charge in [0.25, 0.3) is 5.91 Å². The lowest BCUT2D eigenvalue weighted by Crippen LogP contribution is -2.42. The van der Waals surface area contributed by atoms with E-state index in [9.17, 15) is 9.59 Å². The molecule has 3 atom stereocenters. The van der Waals surface area contributed by atoms with Crippen molar-refractivity contribution in [1.82, 2.24) is 19.7 Å². The van der Waals surface area contributed by atoms with Gasteiger partial charge in [0, 0.05) is 45.6 Å². The Morgan fingerprint density at radius 2 is 1.93 bits per heavy atom. The van der Waals surface area contributed by atoms with Gasteiger partial charge in [0.1, 0.15) is 12.0 Å². The van der Waals surface area contributed by atoms with Crippen molar-refractivity contribution in [2.75, 3.05) is 40.8 Å². The molecule has 3 amide bonds. The molecule has 2 aliphatic rings. The SMILES string of the molecule is COc1ccc([C@H]2[C@@H]3CN(C(=O)c4cocn4)C[C@@H]3CN2C(=O)N(C)C)cc1. The van der Waals surface area contributed by atoms with E-state index in [4.69, 9.17) is 9.15 Å². The zero-order valence-electron chi connectivity index (χ0n) is 16.2. The van der Waals surface area contributed by atoms with Crippen LogP contribution in [-0.4, -0.2) is 72.5 Å². The molecule has 4 rings (SSSR count). The Morgan fingerprint density at radius 3 is 2.54 bits per heavy atom. The number of nitrogens with zero attached hydrogens (tertiary/aromatic N) is 4. The van der Waals surface area contributed by atoms with Crippen molar-refractivity contribution in [1.29, 1.82) is 0 Å². The number of hydrogen-bond acceptors (Lipinski definition) is 5. The number of rotatable bonds is 3. The average molecular weight is 384 g/mol. The maximum absolute atomic E-state index is 12.8.